The van der Waals surface area contributed by atoms with Gasteiger partial charge in [-0.25, -0.2) is 4.57 Å². The molecule has 1 fully saturated rings. The van der Waals surface area contributed by atoms with Crippen molar-refractivity contribution >= 4 is 19.8 Å². The second-order valence-electron chi connectivity index (χ2n) is 18.0. The van der Waals surface area contributed by atoms with E-state index < -0.39 is 75.7 Å². The van der Waals surface area contributed by atoms with Crippen molar-refractivity contribution in [3.63, 3.8) is 0 Å². The van der Waals surface area contributed by atoms with E-state index in [0.717, 1.165) is 96.3 Å². The van der Waals surface area contributed by atoms with E-state index in [1.807, 2.05) is 0 Å². The first-order valence-corrected chi connectivity index (χ1v) is 27.6. The van der Waals surface area contributed by atoms with Crippen molar-refractivity contribution in [2.45, 2.75) is 249 Å². The van der Waals surface area contributed by atoms with Gasteiger partial charge in [-0.15, -0.1) is 0 Å². The molecule has 0 radical (unpaired) electrons. The van der Waals surface area contributed by atoms with Crippen LogP contribution in [0.1, 0.15) is 206 Å². The first-order valence-electron chi connectivity index (χ1n) is 26.1. The lowest BCUT2D eigenvalue weighted by Gasteiger charge is -2.41. The molecule has 6 atom stereocenters. The summed E-state index contributed by atoms with van der Waals surface area (Å²) in [6, 6.07) is 0. The Morgan fingerprint density at radius 2 is 0.851 bits per heavy atom. The second kappa shape index (κ2) is 42.4. The summed E-state index contributed by atoms with van der Waals surface area (Å²) in [5.74, 6) is -1.11. The molecule has 388 valence electrons. The van der Waals surface area contributed by atoms with Gasteiger partial charge in [0.1, 0.15) is 43.2 Å². The van der Waals surface area contributed by atoms with Gasteiger partial charge >= 0.3 is 19.8 Å². The number of unbranched alkanes of at least 4 members (excludes halogenated alkanes) is 21. The van der Waals surface area contributed by atoms with E-state index in [2.05, 4.69) is 74.6 Å². The van der Waals surface area contributed by atoms with Gasteiger partial charge in [0.25, 0.3) is 0 Å². The first kappa shape index (κ1) is 62.6. The minimum Gasteiger partial charge on any atom is -0.462 e. The maximum Gasteiger partial charge on any atom is 0.472 e. The molecule has 0 aliphatic heterocycles. The molecule has 0 bridgehead atoms. The zero-order chi connectivity index (χ0) is 49.2. The van der Waals surface area contributed by atoms with Gasteiger partial charge in [0.05, 0.1) is 6.61 Å². The summed E-state index contributed by atoms with van der Waals surface area (Å²) >= 11 is 0. The Labute approximate surface area is 404 Å². The molecule has 0 spiro atoms. The predicted octanol–water partition coefficient (Wildman–Crippen LogP) is 11.3. The molecule has 1 rings (SSSR count). The minimum atomic E-state index is -5.13. The van der Waals surface area contributed by atoms with Gasteiger partial charge in [0.2, 0.25) is 0 Å². The van der Waals surface area contributed by atoms with Crippen LogP contribution in [0.25, 0.3) is 0 Å². The molecule has 14 heteroatoms. The van der Waals surface area contributed by atoms with Crippen LogP contribution in [0.3, 0.4) is 0 Å². The predicted molar refractivity (Wildman–Crippen MR) is 267 cm³/mol. The van der Waals surface area contributed by atoms with Crippen molar-refractivity contribution in [2.24, 2.45) is 0 Å². The van der Waals surface area contributed by atoms with Crippen LogP contribution in [0, 0.1) is 0 Å². The molecule has 1 aliphatic rings. The van der Waals surface area contributed by atoms with Crippen molar-refractivity contribution in [1.29, 1.82) is 0 Å². The van der Waals surface area contributed by atoms with Gasteiger partial charge in [0.15, 0.2) is 6.10 Å². The number of allylic oxidation sites excluding steroid dienone is 10. The molecule has 6 unspecified atom stereocenters. The molecule has 6 N–H and O–H groups in total. The Morgan fingerprint density at radius 3 is 1.31 bits per heavy atom. The maximum absolute atomic E-state index is 12.9. The Kier molecular flexibility index (Phi) is 39.6. The number of hydrogen-bond donors (Lipinski definition) is 6. The molecule has 0 aromatic carbocycles. The minimum absolute atomic E-state index is 0.0878. The number of aliphatic hydroxyl groups excluding tert-OH is 5. The van der Waals surface area contributed by atoms with E-state index in [9.17, 15) is 44.6 Å². The van der Waals surface area contributed by atoms with Crippen LogP contribution in [0.4, 0.5) is 0 Å². The summed E-state index contributed by atoms with van der Waals surface area (Å²) < 4.78 is 33.6. The molecule has 67 heavy (non-hydrogen) atoms. The van der Waals surface area contributed by atoms with Gasteiger partial charge < -0.3 is 39.9 Å². The quantitative estimate of drug-likeness (QED) is 0.0146. The fourth-order valence-electron chi connectivity index (χ4n) is 7.69. The average Bonchev–Trinajstić information content (AvgIpc) is 3.31. The number of phosphoric acid groups is 1. The SMILES string of the molecule is CC/C=C\C/C=C\C/C=C\C/C=C\CCCCCCCCCCCCC(=O)OC(COC(=O)CCCCCCC/C=C\CCCCCCCC)COP(=O)(O)OC1C(O)C(O)C(O)C(O)C1O. The fraction of sp³-hybridized carbons (Fsp3) is 0.774. The summed E-state index contributed by atoms with van der Waals surface area (Å²) in [5.41, 5.74) is 0. The highest BCUT2D eigenvalue weighted by Crippen LogP contribution is 2.47. The third-order valence-electron chi connectivity index (χ3n) is 11.8. The normalized spacial score (nSPS) is 21.6. The van der Waals surface area contributed by atoms with Crippen molar-refractivity contribution in [3.05, 3.63) is 60.8 Å². The first-order chi connectivity index (χ1) is 32.4. The van der Waals surface area contributed by atoms with Crippen LogP contribution in [-0.4, -0.2) is 98.3 Å². The number of phosphoric ester groups is 1. The molecule has 0 heterocycles. The molecular weight excluding hydrogens is 876 g/mol. The summed E-state index contributed by atoms with van der Waals surface area (Å²) in [5, 5.41) is 50.3. The van der Waals surface area contributed by atoms with Crippen LogP contribution in [-0.2, 0) is 32.7 Å². The molecule has 1 aliphatic carbocycles. The Morgan fingerprint density at radius 1 is 0.478 bits per heavy atom. The Hall–Kier alpha value is -2.45. The Balaban J connectivity index is 2.38. The molecule has 1 saturated carbocycles. The van der Waals surface area contributed by atoms with E-state index in [4.69, 9.17) is 18.5 Å². The summed E-state index contributed by atoms with van der Waals surface area (Å²) in [4.78, 5) is 35.8. The van der Waals surface area contributed by atoms with Crippen LogP contribution in [0.5, 0.6) is 0 Å². The lowest BCUT2D eigenvalue weighted by atomic mass is 9.85. The topological polar surface area (TPSA) is 210 Å². The van der Waals surface area contributed by atoms with Crippen LogP contribution in [0.15, 0.2) is 60.8 Å². The number of aliphatic hydroxyl groups is 5. The van der Waals surface area contributed by atoms with Crippen molar-refractivity contribution in [1.82, 2.24) is 0 Å². The monoisotopic (exact) mass is 969 g/mol. The molecule has 0 aromatic rings. The molecule has 0 aromatic heterocycles. The van der Waals surface area contributed by atoms with E-state index in [1.165, 1.54) is 70.6 Å². The lowest BCUT2D eigenvalue weighted by Crippen LogP contribution is -2.64. The summed E-state index contributed by atoms with van der Waals surface area (Å²) in [6.45, 7) is 3.19. The summed E-state index contributed by atoms with van der Waals surface area (Å²) in [6.07, 6.45) is 39.8. The third-order valence-corrected chi connectivity index (χ3v) is 12.8. The maximum atomic E-state index is 12.9. The number of carbonyl (C=O) groups is 2. The molecular formula is C53H93O13P. The van der Waals surface area contributed by atoms with Gasteiger partial charge in [-0.2, -0.15) is 0 Å². The fourth-order valence-corrected chi connectivity index (χ4v) is 8.66. The van der Waals surface area contributed by atoms with E-state index in [-0.39, 0.29) is 12.8 Å². The van der Waals surface area contributed by atoms with E-state index in [1.54, 1.807) is 0 Å². The molecule has 0 saturated heterocycles. The lowest BCUT2D eigenvalue weighted by molar-refractivity contribution is -0.220. The largest absolute Gasteiger partial charge is 0.472 e. The van der Waals surface area contributed by atoms with Crippen LogP contribution < -0.4 is 0 Å². The number of hydrogen-bond acceptors (Lipinski definition) is 12. The number of ether oxygens (including phenoxy) is 2. The highest BCUT2D eigenvalue weighted by atomic mass is 31.2. The van der Waals surface area contributed by atoms with E-state index >= 15 is 0 Å². The van der Waals surface area contributed by atoms with Gasteiger partial charge in [0, 0.05) is 12.8 Å². The van der Waals surface area contributed by atoms with E-state index in [0.29, 0.717) is 12.8 Å². The average molecular weight is 969 g/mol. The van der Waals surface area contributed by atoms with Crippen LogP contribution >= 0.6 is 7.82 Å². The Bertz CT molecular complexity index is 1400. The van der Waals surface area contributed by atoms with Crippen molar-refractivity contribution < 1.29 is 63.1 Å². The molecule has 13 nitrogen and oxygen atoms in total. The van der Waals surface area contributed by atoms with Gasteiger partial charge in [-0.1, -0.05) is 177 Å². The van der Waals surface area contributed by atoms with Gasteiger partial charge in [-0.3, -0.25) is 18.6 Å². The van der Waals surface area contributed by atoms with Crippen molar-refractivity contribution in [3.8, 4) is 0 Å². The number of esters is 2. The zero-order valence-corrected chi connectivity index (χ0v) is 42.3. The number of carbonyl (C=O) groups excluding carboxylic acids is 2. The van der Waals surface area contributed by atoms with Gasteiger partial charge in [-0.05, 0) is 77.0 Å². The highest BCUT2D eigenvalue weighted by molar-refractivity contribution is 7.47. The van der Waals surface area contributed by atoms with Crippen LogP contribution in [0.2, 0.25) is 0 Å². The highest BCUT2D eigenvalue weighted by Gasteiger charge is 2.51. The smallest absolute Gasteiger partial charge is 0.462 e. The number of rotatable bonds is 43. The third kappa shape index (κ3) is 34.5. The van der Waals surface area contributed by atoms with Crippen molar-refractivity contribution in [2.75, 3.05) is 13.2 Å². The standard InChI is InChI=1S/C53H93O13P/c1-3-5-7-9-11-13-15-17-19-20-21-22-23-24-25-26-28-30-32-34-36-38-40-42-47(55)65-45(44-64-67(61,62)66-53-51(59)49(57)48(56)50(58)52(53)60)43-63-46(54)41-39-37-35-33-31-29-27-18-16-14-12-10-8-6-4-2/h5,7,11,13,17-19,21-22,27,45,48-53,56-60H,3-4,6,8-10,12,14-16,20,23-26,28-44H2,1-2H3,(H,61,62)/b7-5-,13-11-,19-17-,22-21-,27-18-. The molecule has 0 amide bonds. The second-order valence-corrected chi connectivity index (χ2v) is 19.4. The summed E-state index contributed by atoms with van der Waals surface area (Å²) in [7, 11) is -5.13. The zero-order valence-electron chi connectivity index (χ0n) is 41.4.